The molecule has 1 spiro atoms. The predicted molar refractivity (Wildman–Crippen MR) is 87.4 cm³/mol. The van der Waals surface area contributed by atoms with Gasteiger partial charge in [0, 0.05) is 0 Å². The molecule has 4 rings (SSSR count). The van der Waals surface area contributed by atoms with E-state index in [2.05, 4.69) is 13.5 Å². The summed E-state index contributed by atoms with van der Waals surface area (Å²) in [7, 11) is 0. The molecule has 4 aliphatic carbocycles. The van der Waals surface area contributed by atoms with Crippen LogP contribution in [0, 0.1) is 34.0 Å². The van der Waals surface area contributed by atoms with E-state index >= 15 is 0 Å². The van der Waals surface area contributed by atoms with Crippen LogP contribution in [0.1, 0.15) is 71.6 Å². The molecule has 22 heavy (non-hydrogen) atoms. The Labute approximate surface area is 134 Å². The van der Waals surface area contributed by atoms with Crippen LogP contribution in [0.15, 0.2) is 12.2 Å². The lowest BCUT2D eigenvalue weighted by Crippen LogP contribution is -2.58. The number of fused-ring (bicyclic) bond motifs is 3. The molecule has 0 aliphatic heterocycles. The summed E-state index contributed by atoms with van der Waals surface area (Å²) in [6.45, 7) is 8.86. The number of allylic oxidation sites excluding steroid dienone is 1. The van der Waals surface area contributed by atoms with Gasteiger partial charge in [-0.15, -0.1) is 0 Å². The summed E-state index contributed by atoms with van der Waals surface area (Å²) in [4.78, 5) is 12.0. The highest BCUT2D eigenvalue weighted by Crippen LogP contribution is 2.72. The second-order valence-corrected chi connectivity index (χ2v) is 9.40. The van der Waals surface area contributed by atoms with E-state index < -0.39 is 11.4 Å². The average molecular weight is 302 g/mol. The summed E-state index contributed by atoms with van der Waals surface area (Å²) in [5, 5.41) is 9.90. The fourth-order valence-electron chi connectivity index (χ4n) is 7.61. The Morgan fingerprint density at radius 2 is 1.91 bits per heavy atom. The first kappa shape index (κ1) is 14.8. The Morgan fingerprint density at radius 3 is 2.64 bits per heavy atom. The first-order chi connectivity index (χ1) is 10.3. The Balaban J connectivity index is 1.75. The van der Waals surface area contributed by atoms with Crippen molar-refractivity contribution in [2.45, 2.75) is 71.6 Å². The average Bonchev–Trinajstić information content (AvgIpc) is 2.68. The summed E-state index contributed by atoms with van der Waals surface area (Å²) in [6.07, 6.45) is 10.8. The van der Waals surface area contributed by atoms with Crippen molar-refractivity contribution in [3.63, 3.8) is 0 Å². The molecule has 2 bridgehead atoms. The van der Waals surface area contributed by atoms with Crippen molar-refractivity contribution >= 4 is 5.97 Å². The fraction of sp³-hybridized carbons (Fsp3) is 0.850. The summed E-state index contributed by atoms with van der Waals surface area (Å²) < 4.78 is 0. The summed E-state index contributed by atoms with van der Waals surface area (Å²) in [5.41, 5.74) is 1.71. The van der Waals surface area contributed by atoms with Crippen molar-refractivity contribution in [3.8, 4) is 0 Å². The van der Waals surface area contributed by atoms with Crippen LogP contribution < -0.4 is 0 Å². The lowest BCUT2D eigenvalue weighted by atomic mass is 9.41. The van der Waals surface area contributed by atoms with Crippen molar-refractivity contribution in [2.24, 2.45) is 34.0 Å². The number of hydrogen-bond acceptors (Lipinski definition) is 1. The zero-order valence-electron chi connectivity index (χ0n) is 14.2. The molecule has 0 aromatic carbocycles. The molecule has 2 nitrogen and oxygen atoms in total. The Bertz CT molecular complexity index is 538. The normalized spacial score (nSPS) is 53.7. The molecular weight excluding hydrogens is 272 g/mol. The van der Waals surface area contributed by atoms with Gasteiger partial charge in [-0.05, 0) is 86.9 Å². The van der Waals surface area contributed by atoms with Crippen LogP contribution in [0.5, 0.6) is 0 Å². The third-order valence-electron chi connectivity index (χ3n) is 8.54. The van der Waals surface area contributed by atoms with Crippen LogP contribution in [-0.4, -0.2) is 11.1 Å². The highest BCUT2D eigenvalue weighted by molar-refractivity contribution is 5.75. The van der Waals surface area contributed by atoms with Gasteiger partial charge in [0.05, 0.1) is 5.41 Å². The molecule has 0 amide bonds. The molecule has 2 heteroatoms. The molecule has 0 aromatic rings. The third-order valence-corrected chi connectivity index (χ3v) is 8.54. The molecule has 2 unspecified atom stereocenters. The van der Waals surface area contributed by atoms with E-state index in [9.17, 15) is 9.90 Å². The van der Waals surface area contributed by atoms with Gasteiger partial charge >= 0.3 is 5.97 Å². The largest absolute Gasteiger partial charge is 0.481 e. The summed E-state index contributed by atoms with van der Waals surface area (Å²) >= 11 is 0. The van der Waals surface area contributed by atoms with E-state index in [0.717, 1.165) is 31.1 Å². The number of rotatable bonds is 1. The van der Waals surface area contributed by atoms with Crippen LogP contribution >= 0.6 is 0 Å². The van der Waals surface area contributed by atoms with Gasteiger partial charge in [-0.25, -0.2) is 0 Å². The number of aliphatic carboxylic acids is 1. The predicted octanol–water partition coefficient (Wildman–Crippen LogP) is 5.04. The van der Waals surface area contributed by atoms with Crippen LogP contribution in [-0.2, 0) is 4.79 Å². The molecule has 6 atom stereocenters. The topological polar surface area (TPSA) is 37.3 Å². The van der Waals surface area contributed by atoms with Crippen LogP contribution in [0.2, 0.25) is 0 Å². The van der Waals surface area contributed by atoms with E-state index in [1.165, 1.54) is 44.1 Å². The minimum Gasteiger partial charge on any atom is -0.481 e. The van der Waals surface area contributed by atoms with Gasteiger partial charge in [0.1, 0.15) is 0 Å². The number of carboxylic acids is 1. The molecule has 0 saturated heterocycles. The monoisotopic (exact) mass is 302 g/mol. The molecule has 4 saturated carbocycles. The Morgan fingerprint density at radius 1 is 1.14 bits per heavy atom. The first-order valence-corrected chi connectivity index (χ1v) is 9.23. The lowest BCUT2D eigenvalue weighted by Gasteiger charge is -2.63. The zero-order valence-corrected chi connectivity index (χ0v) is 14.2. The fourth-order valence-corrected chi connectivity index (χ4v) is 7.61. The maximum absolute atomic E-state index is 12.0. The SMILES string of the molecule is C=C1C[C@@]23CCC4[C@](C)(CCC[C@]4(C)C(=O)O)C2CC[C@H]1C3. The molecule has 0 radical (unpaired) electrons. The molecule has 122 valence electrons. The summed E-state index contributed by atoms with van der Waals surface area (Å²) in [6, 6.07) is 0. The van der Waals surface area contributed by atoms with Crippen molar-refractivity contribution in [1.82, 2.24) is 0 Å². The molecule has 0 heterocycles. The van der Waals surface area contributed by atoms with Crippen LogP contribution in [0.3, 0.4) is 0 Å². The van der Waals surface area contributed by atoms with E-state index in [1.807, 2.05) is 6.92 Å². The van der Waals surface area contributed by atoms with Gasteiger partial charge < -0.3 is 5.11 Å². The summed E-state index contributed by atoms with van der Waals surface area (Å²) in [5.74, 6) is 1.32. The lowest BCUT2D eigenvalue weighted by molar-refractivity contribution is -0.181. The first-order valence-electron chi connectivity index (χ1n) is 9.23. The second kappa shape index (κ2) is 4.39. The maximum Gasteiger partial charge on any atom is 0.309 e. The minimum atomic E-state index is -0.552. The van der Waals surface area contributed by atoms with Gasteiger partial charge in [-0.3, -0.25) is 4.79 Å². The van der Waals surface area contributed by atoms with Crippen molar-refractivity contribution in [3.05, 3.63) is 12.2 Å². The van der Waals surface area contributed by atoms with Crippen LogP contribution in [0.4, 0.5) is 0 Å². The molecule has 4 fully saturated rings. The highest BCUT2D eigenvalue weighted by atomic mass is 16.4. The van der Waals surface area contributed by atoms with Crippen molar-refractivity contribution < 1.29 is 9.90 Å². The van der Waals surface area contributed by atoms with E-state index in [4.69, 9.17) is 0 Å². The maximum atomic E-state index is 12.0. The van der Waals surface area contributed by atoms with Gasteiger partial charge in [-0.2, -0.15) is 0 Å². The van der Waals surface area contributed by atoms with Crippen molar-refractivity contribution in [1.29, 1.82) is 0 Å². The molecule has 0 aromatic heterocycles. The molecular formula is C20H30O2. The Hall–Kier alpha value is -0.790. The highest BCUT2D eigenvalue weighted by Gasteiger charge is 2.64. The zero-order chi connectivity index (χ0) is 15.8. The van der Waals surface area contributed by atoms with Gasteiger partial charge in [0.25, 0.3) is 0 Å². The molecule has 1 N–H and O–H groups in total. The molecule has 4 aliphatic rings. The smallest absolute Gasteiger partial charge is 0.309 e. The van der Waals surface area contributed by atoms with Gasteiger partial charge in [0.2, 0.25) is 0 Å². The third kappa shape index (κ3) is 1.65. The standard InChI is InChI=1S/C20H30O2/c1-13-11-20-10-7-15-18(2,16(20)6-5-14(13)12-20)8-4-9-19(15,3)17(21)22/h14-16H,1,4-12H2,2-3H3,(H,21,22)/t14-,15?,16?,18-,19-,20+/m0/s1. The second-order valence-electron chi connectivity index (χ2n) is 9.40. The minimum absolute atomic E-state index is 0.235. The van der Waals surface area contributed by atoms with Crippen LogP contribution in [0.25, 0.3) is 0 Å². The van der Waals surface area contributed by atoms with Crippen molar-refractivity contribution in [2.75, 3.05) is 0 Å². The van der Waals surface area contributed by atoms with E-state index in [0.29, 0.717) is 11.3 Å². The van der Waals surface area contributed by atoms with Gasteiger partial charge in [0.15, 0.2) is 0 Å². The number of hydrogen-bond donors (Lipinski definition) is 1. The quantitative estimate of drug-likeness (QED) is 0.689. The van der Waals surface area contributed by atoms with Gasteiger partial charge in [-0.1, -0.05) is 25.5 Å². The number of carbonyl (C=O) groups is 1. The number of carboxylic acid groups (broad SMARTS) is 1. The van der Waals surface area contributed by atoms with E-state index in [-0.39, 0.29) is 5.41 Å². The van der Waals surface area contributed by atoms with E-state index in [1.54, 1.807) is 0 Å². The Kier molecular flexibility index (Phi) is 2.95.